The molecule has 0 aliphatic heterocycles. The molecule has 0 amide bonds. The molecular weight excluding hydrogens is 701 g/mol. The molecule has 2 atom stereocenters. The number of carbonyl (C=O) groups is 2. The number of nitrogens with zero attached hydrogens (tertiary/aromatic N) is 1. The summed E-state index contributed by atoms with van der Waals surface area (Å²) in [4.78, 5) is 35.3. The van der Waals surface area contributed by atoms with Crippen molar-refractivity contribution >= 4 is 19.8 Å². The Bertz CT molecular complexity index is 1070. The van der Waals surface area contributed by atoms with Crippen LogP contribution in [0.5, 0.6) is 0 Å². The number of rotatable bonds is 38. The third-order valence-corrected chi connectivity index (χ3v) is 9.82. The fourth-order valence-electron chi connectivity index (χ4n) is 5.43. The largest absolute Gasteiger partial charge is 0.472 e. The highest BCUT2D eigenvalue weighted by Gasteiger charge is 2.27. The van der Waals surface area contributed by atoms with Crippen molar-refractivity contribution in [3.8, 4) is 0 Å². The lowest BCUT2D eigenvalue weighted by Gasteiger charge is -2.24. The Kier molecular flexibility index (Phi) is 35.2. The molecule has 0 heterocycles. The van der Waals surface area contributed by atoms with E-state index in [4.69, 9.17) is 18.5 Å². The van der Waals surface area contributed by atoms with E-state index in [2.05, 4.69) is 62.5 Å². The van der Waals surface area contributed by atoms with Gasteiger partial charge in [-0.2, -0.15) is 0 Å². The number of allylic oxidation sites excluding steroid dienone is 8. The second-order valence-corrected chi connectivity index (χ2v) is 16.8. The summed E-state index contributed by atoms with van der Waals surface area (Å²) in [5.74, 6) is -0.846. The second-order valence-electron chi connectivity index (χ2n) is 15.4. The molecule has 0 aromatic rings. The first-order chi connectivity index (χ1) is 26.0. The summed E-state index contributed by atoms with van der Waals surface area (Å²) < 4.78 is 34.2. The van der Waals surface area contributed by atoms with Gasteiger partial charge in [-0.3, -0.25) is 18.6 Å². The fourth-order valence-corrected chi connectivity index (χ4v) is 6.17. The Labute approximate surface area is 331 Å². The zero-order valence-electron chi connectivity index (χ0n) is 35.2. The van der Waals surface area contributed by atoms with E-state index in [-0.39, 0.29) is 26.1 Å². The van der Waals surface area contributed by atoms with Gasteiger partial charge in [-0.25, -0.2) is 4.57 Å². The number of carbonyl (C=O) groups excluding carboxylic acids is 2. The standard InChI is InChI=1S/C44H80NO8P/c1-6-8-10-12-14-16-18-20-21-22-23-25-26-28-30-32-34-36-43(46)50-40-42(41-52-54(48,49)51-39-38-45(3,4)5)53-44(47)37-35-33-31-29-27-24-19-17-15-13-11-9-7-2/h14,16,20-21,23-25,27,42H,6-13,15,17-19,22,26,28-41H2,1-5H3/p+1/b16-14+,21-20+,25-23+,27-24+/t42-/m1/s1. The van der Waals surface area contributed by atoms with E-state index in [9.17, 15) is 19.0 Å². The van der Waals surface area contributed by atoms with E-state index in [0.717, 1.165) is 64.2 Å². The molecule has 0 aliphatic carbocycles. The third kappa shape index (κ3) is 39.7. The van der Waals surface area contributed by atoms with E-state index in [1.807, 2.05) is 21.1 Å². The van der Waals surface area contributed by atoms with Crippen LogP contribution in [0.4, 0.5) is 0 Å². The first-order valence-corrected chi connectivity index (χ1v) is 22.9. The lowest BCUT2D eigenvalue weighted by atomic mass is 10.1. The zero-order valence-corrected chi connectivity index (χ0v) is 36.1. The summed E-state index contributed by atoms with van der Waals surface area (Å²) in [6, 6.07) is 0. The van der Waals surface area contributed by atoms with Crippen molar-refractivity contribution in [2.45, 2.75) is 174 Å². The van der Waals surface area contributed by atoms with Gasteiger partial charge in [-0.15, -0.1) is 0 Å². The van der Waals surface area contributed by atoms with Gasteiger partial charge in [-0.05, 0) is 77.0 Å². The van der Waals surface area contributed by atoms with Crippen LogP contribution in [-0.4, -0.2) is 74.9 Å². The number of phosphoric ester groups is 1. The molecule has 9 nitrogen and oxygen atoms in total. The quantitative estimate of drug-likeness (QED) is 0.0217. The number of hydrogen-bond donors (Lipinski definition) is 1. The molecule has 0 bridgehead atoms. The number of ether oxygens (including phenoxy) is 2. The van der Waals surface area contributed by atoms with Crippen molar-refractivity contribution in [2.24, 2.45) is 0 Å². The van der Waals surface area contributed by atoms with Crippen LogP contribution in [0.2, 0.25) is 0 Å². The summed E-state index contributed by atoms with van der Waals surface area (Å²) in [6.07, 6.45) is 41.5. The van der Waals surface area contributed by atoms with Crippen LogP contribution in [-0.2, 0) is 32.7 Å². The number of phosphoric acid groups is 1. The molecule has 314 valence electrons. The minimum absolute atomic E-state index is 0.0238. The van der Waals surface area contributed by atoms with Gasteiger partial charge in [0.05, 0.1) is 27.7 Å². The molecule has 1 unspecified atom stereocenters. The van der Waals surface area contributed by atoms with Crippen molar-refractivity contribution in [1.29, 1.82) is 0 Å². The van der Waals surface area contributed by atoms with E-state index >= 15 is 0 Å². The monoisotopic (exact) mass is 783 g/mol. The Morgan fingerprint density at radius 1 is 0.574 bits per heavy atom. The van der Waals surface area contributed by atoms with Crippen molar-refractivity contribution in [1.82, 2.24) is 0 Å². The summed E-state index contributed by atoms with van der Waals surface area (Å²) in [7, 11) is 1.45. The Morgan fingerprint density at radius 2 is 1.00 bits per heavy atom. The highest BCUT2D eigenvalue weighted by atomic mass is 31.2. The normalized spacial score (nSPS) is 14.1. The first-order valence-electron chi connectivity index (χ1n) is 21.4. The van der Waals surface area contributed by atoms with Gasteiger partial charge >= 0.3 is 19.8 Å². The van der Waals surface area contributed by atoms with Crippen LogP contribution < -0.4 is 0 Å². The molecular formula is C44H81NO8P+. The lowest BCUT2D eigenvalue weighted by Crippen LogP contribution is -2.37. The number of quaternary nitrogens is 1. The molecule has 0 rings (SSSR count). The maximum atomic E-state index is 12.6. The Hall–Kier alpha value is -2.03. The van der Waals surface area contributed by atoms with Gasteiger partial charge < -0.3 is 18.9 Å². The van der Waals surface area contributed by atoms with Gasteiger partial charge in [0.1, 0.15) is 19.8 Å². The van der Waals surface area contributed by atoms with Crippen LogP contribution >= 0.6 is 7.82 Å². The van der Waals surface area contributed by atoms with Crippen LogP contribution in [0.1, 0.15) is 168 Å². The van der Waals surface area contributed by atoms with Gasteiger partial charge in [0.25, 0.3) is 0 Å². The second kappa shape index (κ2) is 36.6. The number of likely N-dealkylation sites (N-methyl/N-ethyl adjacent to an activating group) is 1. The minimum atomic E-state index is -4.38. The van der Waals surface area contributed by atoms with E-state index in [1.165, 1.54) is 64.2 Å². The highest BCUT2D eigenvalue weighted by Crippen LogP contribution is 2.43. The zero-order chi connectivity index (χ0) is 40.0. The van der Waals surface area contributed by atoms with Crippen LogP contribution in [0.15, 0.2) is 48.6 Å². The molecule has 0 spiro atoms. The summed E-state index contributed by atoms with van der Waals surface area (Å²) in [6.45, 7) is 4.33. The Morgan fingerprint density at radius 3 is 1.56 bits per heavy atom. The molecule has 0 aliphatic rings. The molecule has 0 radical (unpaired) electrons. The van der Waals surface area contributed by atoms with Crippen molar-refractivity contribution in [3.63, 3.8) is 0 Å². The lowest BCUT2D eigenvalue weighted by molar-refractivity contribution is -0.870. The van der Waals surface area contributed by atoms with Gasteiger partial charge in [0, 0.05) is 12.8 Å². The summed E-state index contributed by atoms with van der Waals surface area (Å²) in [5.41, 5.74) is 0. The molecule has 10 heteroatoms. The molecule has 0 saturated heterocycles. The molecule has 0 saturated carbocycles. The maximum Gasteiger partial charge on any atom is 0.472 e. The number of unbranched alkanes of at least 4 members (excludes halogenated alkanes) is 16. The molecule has 0 aromatic heterocycles. The number of esters is 2. The third-order valence-electron chi connectivity index (χ3n) is 8.83. The Balaban J connectivity index is 4.44. The average Bonchev–Trinajstić information content (AvgIpc) is 3.12. The predicted octanol–water partition coefficient (Wildman–Crippen LogP) is 11.9. The van der Waals surface area contributed by atoms with Gasteiger partial charge in [0.15, 0.2) is 6.10 Å². The van der Waals surface area contributed by atoms with E-state index in [1.54, 1.807) is 0 Å². The van der Waals surface area contributed by atoms with Crippen LogP contribution in [0.3, 0.4) is 0 Å². The van der Waals surface area contributed by atoms with Crippen LogP contribution in [0.25, 0.3) is 0 Å². The maximum absolute atomic E-state index is 12.6. The summed E-state index contributed by atoms with van der Waals surface area (Å²) in [5, 5.41) is 0. The molecule has 0 aromatic carbocycles. The van der Waals surface area contributed by atoms with E-state index < -0.39 is 32.5 Å². The van der Waals surface area contributed by atoms with Crippen molar-refractivity contribution in [3.05, 3.63) is 48.6 Å². The molecule has 54 heavy (non-hydrogen) atoms. The number of hydrogen-bond acceptors (Lipinski definition) is 7. The fraction of sp³-hybridized carbons (Fsp3) is 0.773. The topological polar surface area (TPSA) is 108 Å². The molecule has 1 N–H and O–H groups in total. The van der Waals surface area contributed by atoms with Gasteiger partial charge in [0.2, 0.25) is 0 Å². The smallest absolute Gasteiger partial charge is 0.462 e. The van der Waals surface area contributed by atoms with Crippen LogP contribution in [0, 0.1) is 0 Å². The summed E-state index contributed by atoms with van der Waals surface area (Å²) >= 11 is 0. The SMILES string of the molecule is CCCCC/C=C/C/C=C/C/C=C/CCCCCCC(=O)OC[C@H](COP(=O)(O)OCC[N+](C)(C)C)OC(=O)CCCCC/C=C/CCCCCCCC. The van der Waals surface area contributed by atoms with Gasteiger partial charge in [-0.1, -0.05) is 127 Å². The van der Waals surface area contributed by atoms with Crippen molar-refractivity contribution in [2.75, 3.05) is 47.5 Å². The highest BCUT2D eigenvalue weighted by molar-refractivity contribution is 7.47. The van der Waals surface area contributed by atoms with E-state index in [0.29, 0.717) is 23.9 Å². The predicted molar refractivity (Wildman–Crippen MR) is 224 cm³/mol. The minimum Gasteiger partial charge on any atom is -0.462 e. The molecule has 0 fully saturated rings. The average molecular weight is 783 g/mol. The first kappa shape index (κ1) is 52.0. The van der Waals surface area contributed by atoms with Crippen molar-refractivity contribution < 1.29 is 42.1 Å².